The Hall–Kier alpha value is -3.14. The van der Waals surface area contributed by atoms with E-state index in [1.54, 1.807) is 18.2 Å². The summed E-state index contributed by atoms with van der Waals surface area (Å²) in [5.41, 5.74) is 3.64. The van der Waals surface area contributed by atoms with Crippen LogP contribution in [0.4, 0.5) is 0 Å². The van der Waals surface area contributed by atoms with Crippen LogP contribution >= 0.6 is 0 Å². The van der Waals surface area contributed by atoms with Gasteiger partial charge in [-0.2, -0.15) is 0 Å². The monoisotopic (exact) mass is 375 g/mol. The Morgan fingerprint density at radius 2 is 1.71 bits per heavy atom. The molecule has 1 aliphatic rings. The summed E-state index contributed by atoms with van der Waals surface area (Å²) in [6.07, 6.45) is 1.59. The lowest BCUT2D eigenvalue weighted by Gasteiger charge is -2.24. The number of benzene rings is 2. The minimum absolute atomic E-state index is 0.119. The molecule has 1 atom stereocenters. The van der Waals surface area contributed by atoms with Gasteiger partial charge in [0.15, 0.2) is 0 Å². The Morgan fingerprint density at radius 3 is 2.25 bits per heavy atom. The molecule has 2 aromatic carbocycles. The standard InChI is InChI=1S/C24H25NO3/c1-5-14-25-21(18-12-10-17(11-13-18)15(2)3)20(23(27)24(25)28)22(26)19-8-6-16(4)7-9-19/h5-13,15,21,26H,1,14H2,2-4H3. The fourth-order valence-electron chi connectivity index (χ4n) is 3.48. The van der Waals surface area contributed by atoms with Crippen LogP contribution in [0.25, 0.3) is 5.76 Å². The molecule has 2 aromatic rings. The second-order valence-corrected chi connectivity index (χ2v) is 7.43. The van der Waals surface area contributed by atoms with E-state index >= 15 is 0 Å². The van der Waals surface area contributed by atoms with Crippen LogP contribution in [0, 0.1) is 6.92 Å². The van der Waals surface area contributed by atoms with Crippen molar-refractivity contribution < 1.29 is 14.7 Å². The lowest BCUT2D eigenvalue weighted by molar-refractivity contribution is -0.139. The van der Waals surface area contributed by atoms with Crippen molar-refractivity contribution in [2.24, 2.45) is 0 Å². The van der Waals surface area contributed by atoms with E-state index in [2.05, 4.69) is 20.4 Å². The number of hydrogen-bond donors (Lipinski definition) is 1. The first-order valence-corrected chi connectivity index (χ1v) is 9.41. The molecule has 1 aliphatic heterocycles. The van der Waals surface area contributed by atoms with Gasteiger partial charge >= 0.3 is 0 Å². The number of amides is 1. The molecule has 1 heterocycles. The Kier molecular flexibility index (Phi) is 5.50. The van der Waals surface area contributed by atoms with Crippen molar-refractivity contribution in [1.29, 1.82) is 0 Å². The van der Waals surface area contributed by atoms with Crippen LogP contribution in [0.1, 0.15) is 48.1 Å². The summed E-state index contributed by atoms with van der Waals surface area (Å²) in [4.78, 5) is 26.9. The van der Waals surface area contributed by atoms with Gasteiger partial charge in [-0.25, -0.2) is 0 Å². The third-order valence-corrected chi connectivity index (χ3v) is 5.11. The predicted molar refractivity (Wildman–Crippen MR) is 111 cm³/mol. The second-order valence-electron chi connectivity index (χ2n) is 7.43. The van der Waals surface area contributed by atoms with Crippen molar-refractivity contribution in [3.63, 3.8) is 0 Å². The molecule has 144 valence electrons. The van der Waals surface area contributed by atoms with Gasteiger partial charge in [0.05, 0.1) is 11.6 Å². The van der Waals surface area contributed by atoms with E-state index in [1.165, 1.54) is 10.5 Å². The highest BCUT2D eigenvalue weighted by Gasteiger charge is 2.45. The van der Waals surface area contributed by atoms with E-state index in [4.69, 9.17) is 0 Å². The van der Waals surface area contributed by atoms with Crippen LogP contribution in [0.3, 0.4) is 0 Å². The minimum Gasteiger partial charge on any atom is -0.507 e. The zero-order valence-corrected chi connectivity index (χ0v) is 16.5. The van der Waals surface area contributed by atoms with E-state index in [1.807, 2.05) is 43.3 Å². The molecule has 1 fully saturated rings. The van der Waals surface area contributed by atoms with Gasteiger partial charge in [0.25, 0.3) is 11.7 Å². The molecule has 1 N–H and O–H groups in total. The fourth-order valence-corrected chi connectivity index (χ4v) is 3.48. The van der Waals surface area contributed by atoms with Gasteiger partial charge in [0.2, 0.25) is 0 Å². The first-order valence-electron chi connectivity index (χ1n) is 9.41. The molecule has 4 nitrogen and oxygen atoms in total. The molecular formula is C24H25NO3. The van der Waals surface area contributed by atoms with Crippen molar-refractivity contribution in [2.75, 3.05) is 6.54 Å². The van der Waals surface area contributed by atoms with Gasteiger partial charge in [0, 0.05) is 12.1 Å². The summed E-state index contributed by atoms with van der Waals surface area (Å²) in [6.45, 7) is 10.1. The van der Waals surface area contributed by atoms with E-state index < -0.39 is 17.7 Å². The Balaban J connectivity index is 2.15. The number of aliphatic hydroxyl groups is 1. The zero-order valence-electron chi connectivity index (χ0n) is 16.5. The number of aliphatic hydroxyl groups excluding tert-OH is 1. The normalized spacial score (nSPS) is 18.7. The maximum Gasteiger partial charge on any atom is 0.295 e. The van der Waals surface area contributed by atoms with Gasteiger partial charge < -0.3 is 10.0 Å². The van der Waals surface area contributed by atoms with Gasteiger partial charge in [-0.15, -0.1) is 6.58 Å². The van der Waals surface area contributed by atoms with Crippen LogP contribution in [0.2, 0.25) is 0 Å². The average Bonchev–Trinajstić information content (AvgIpc) is 2.93. The van der Waals surface area contributed by atoms with E-state index in [-0.39, 0.29) is 17.9 Å². The average molecular weight is 375 g/mol. The van der Waals surface area contributed by atoms with Crippen LogP contribution in [0.15, 0.2) is 66.8 Å². The number of carbonyl (C=O) groups excluding carboxylic acids is 2. The molecule has 4 heteroatoms. The second kappa shape index (κ2) is 7.85. The lowest BCUT2D eigenvalue weighted by Crippen LogP contribution is -2.29. The summed E-state index contributed by atoms with van der Waals surface area (Å²) < 4.78 is 0. The number of Topliss-reactive ketones (excluding diaryl/α,β-unsaturated/α-hetero) is 1. The summed E-state index contributed by atoms with van der Waals surface area (Å²) in [5.74, 6) is -1.06. The number of carbonyl (C=O) groups is 2. The third-order valence-electron chi connectivity index (χ3n) is 5.11. The molecule has 0 bridgehead atoms. The number of ketones is 1. The molecule has 0 aliphatic carbocycles. The summed E-state index contributed by atoms with van der Waals surface area (Å²) in [5, 5.41) is 10.9. The topological polar surface area (TPSA) is 57.6 Å². The Bertz CT molecular complexity index is 937. The van der Waals surface area contributed by atoms with Crippen LogP contribution in [-0.2, 0) is 9.59 Å². The molecule has 3 rings (SSSR count). The molecule has 1 saturated heterocycles. The number of aryl methyl sites for hydroxylation is 1. The molecule has 28 heavy (non-hydrogen) atoms. The highest BCUT2D eigenvalue weighted by molar-refractivity contribution is 6.46. The maximum atomic E-state index is 12.8. The number of nitrogens with zero attached hydrogens (tertiary/aromatic N) is 1. The first-order chi connectivity index (χ1) is 13.3. The zero-order chi connectivity index (χ0) is 20.4. The number of likely N-dealkylation sites (tertiary alicyclic amines) is 1. The SMILES string of the molecule is C=CCN1C(=O)C(=O)C(=C(O)c2ccc(C)cc2)C1c1ccc(C(C)C)cc1. The van der Waals surface area contributed by atoms with Crippen molar-refractivity contribution in [1.82, 2.24) is 4.90 Å². The van der Waals surface area contributed by atoms with Crippen LogP contribution < -0.4 is 0 Å². The molecular weight excluding hydrogens is 350 g/mol. The molecule has 1 unspecified atom stereocenters. The summed E-state index contributed by atoms with van der Waals surface area (Å²) in [7, 11) is 0. The van der Waals surface area contributed by atoms with Crippen molar-refractivity contribution in [3.8, 4) is 0 Å². The van der Waals surface area contributed by atoms with Gasteiger partial charge in [0.1, 0.15) is 5.76 Å². The van der Waals surface area contributed by atoms with Gasteiger partial charge in [-0.3, -0.25) is 9.59 Å². The number of hydrogen-bond acceptors (Lipinski definition) is 3. The molecule has 1 amide bonds. The highest BCUT2D eigenvalue weighted by Crippen LogP contribution is 2.39. The smallest absolute Gasteiger partial charge is 0.295 e. The Labute approximate surface area is 165 Å². The first kappa shape index (κ1) is 19.6. The van der Waals surface area contributed by atoms with E-state index in [9.17, 15) is 14.7 Å². The van der Waals surface area contributed by atoms with Gasteiger partial charge in [-0.05, 0) is 24.0 Å². The molecule has 0 spiro atoms. The Morgan fingerprint density at radius 1 is 1.11 bits per heavy atom. The summed E-state index contributed by atoms with van der Waals surface area (Å²) >= 11 is 0. The highest BCUT2D eigenvalue weighted by atomic mass is 16.3. The third kappa shape index (κ3) is 3.50. The maximum absolute atomic E-state index is 12.8. The number of rotatable bonds is 5. The summed E-state index contributed by atoms with van der Waals surface area (Å²) in [6, 6.07) is 14.4. The quantitative estimate of drug-likeness (QED) is 0.356. The minimum atomic E-state index is -0.669. The van der Waals surface area contributed by atoms with Crippen molar-refractivity contribution in [2.45, 2.75) is 32.7 Å². The molecule has 0 aromatic heterocycles. The predicted octanol–water partition coefficient (Wildman–Crippen LogP) is 4.73. The molecule has 0 saturated carbocycles. The van der Waals surface area contributed by atoms with Crippen LogP contribution in [-0.4, -0.2) is 28.2 Å². The van der Waals surface area contributed by atoms with E-state index in [0.717, 1.165) is 11.1 Å². The van der Waals surface area contributed by atoms with Gasteiger partial charge in [-0.1, -0.05) is 74.0 Å². The largest absolute Gasteiger partial charge is 0.507 e. The lowest BCUT2D eigenvalue weighted by atomic mass is 9.93. The van der Waals surface area contributed by atoms with Crippen molar-refractivity contribution >= 4 is 17.4 Å². The van der Waals surface area contributed by atoms with Crippen molar-refractivity contribution in [3.05, 3.63) is 89.0 Å². The molecule has 0 radical (unpaired) electrons. The van der Waals surface area contributed by atoms with Crippen LogP contribution in [0.5, 0.6) is 0 Å². The fraction of sp³-hybridized carbons (Fsp3) is 0.250. The van der Waals surface area contributed by atoms with E-state index in [0.29, 0.717) is 11.5 Å².